The van der Waals surface area contributed by atoms with Crippen molar-refractivity contribution in [2.45, 2.75) is 44.2 Å². The zero-order chi connectivity index (χ0) is 10.6. The Morgan fingerprint density at radius 1 is 1.57 bits per heavy atom. The van der Waals surface area contributed by atoms with Gasteiger partial charge in [-0.05, 0) is 19.8 Å². The molecule has 0 radical (unpaired) electrons. The topological polar surface area (TPSA) is 58.6 Å². The van der Waals surface area contributed by atoms with Gasteiger partial charge in [0.2, 0.25) is 0 Å². The molecule has 0 saturated heterocycles. The Kier molecular flexibility index (Phi) is 3.89. The summed E-state index contributed by atoms with van der Waals surface area (Å²) >= 11 is 0. The lowest BCUT2D eigenvalue weighted by atomic mass is 9.99. The van der Waals surface area contributed by atoms with Crippen molar-refractivity contribution >= 4 is 5.97 Å². The van der Waals surface area contributed by atoms with Crippen molar-refractivity contribution in [1.82, 2.24) is 5.32 Å². The quantitative estimate of drug-likeness (QED) is 0.697. The molecule has 1 fully saturated rings. The van der Waals surface area contributed by atoms with Gasteiger partial charge in [0.25, 0.3) is 0 Å². The third-order valence-electron chi connectivity index (χ3n) is 2.86. The highest BCUT2D eigenvalue weighted by atomic mass is 16.5. The van der Waals surface area contributed by atoms with E-state index in [2.05, 4.69) is 12.2 Å². The average Bonchev–Trinajstić information content (AvgIpc) is 2.51. The van der Waals surface area contributed by atoms with Gasteiger partial charge in [-0.2, -0.15) is 0 Å². The minimum absolute atomic E-state index is 0.0123. The van der Waals surface area contributed by atoms with Gasteiger partial charge in [-0.15, -0.1) is 0 Å². The molecule has 1 aliphatic rings. The first-order valence-corrected chi connectivity index (χ1v) is 5.07. The Balaban J connectivity index is 2.49. The lowest BCUT2D eigenvalue weighted by Gasteiger charge is -2.29. The van der Waals surface area contributed by atoms with Crippen molar-refractivity contribution in [3.63, 3.8) is 0 Å². The second-order valence-electron chi connectivity index (χ2n) is 4.26. The molecule has 0 spiro atoms. The van der Waals surface area contributed by atoms with Gasteiger partial charge in [0, 0.05) is 12.6 Å². The third-order valence-corrected chi connectivity index (χ3v) is 2.86. The Labute approximate surface area is 84.6 Å². The van der Waals surface area contributed by atoms with E-state index in [-0.39, 0.29) is 12.1 Å². The molecule has 2 N–H and O–H groups in total. The van der Waals surface area contributed by atoms with Gasteiger partial charge in [0.1, 0.15) is 6.04 Å². The number of aliphatic carboxylic acids is 1. The molecule has 4 nitrogen and oxygen atoms in total. The van der Waals surface area contributed by atoms with Crippen LogP contribution in [-0.4, -0.2) is 36.4 Å². The van der Waals surface area contributed by atoms with Crippen LogP contribution in [0.1, 0.15) is 32.6 Å². The van der Waals surface area contributed by atoms with E-state index in [1.54, 1.807) is 0 Å². The molecule has 14 heavy (non-hydrogen) atoms. The van der Waals surface area contributed by atoms with Crippen LogP contribution >= 0.6 is 0 Å². The number of carbonyl (C=O) groups is 1. The average molecular weight is 201 g/mol. The maximum atomic E-state index is 10.9. The summed E-state index contributed by atoms with van der Waals surface area (Å²) in [6.07, 6.45) is 4.48. The lowest BCUT2D eigenvalue weighted by molar-refractivity contribution is -0.141. The first-order valence-electron chi connectivity index (χ1n) is 5.07. The summed E-state index contributed by atoms with van der Waals surface area (Å²) in [5.74, 6) is -0.833. The van der Waals surface area contributed by atoms with Gasteiger partial charge < -0.3 is 9.84 Å². The minimum Gasteiger partial charge on any atom is -0.480 e. The fourth-order valence-corrected chi connectivity index (χ4v) is 2.06. The van der Waals surface area contributed by atoms with E-state index in [0.717, 1.165) is 12.8 Å². The zero-order valence-corrected chi connectivity index (χ0v) is 8.88. The number of carboxylic acids is 1. The summed E-state index contributed by atoms with van der Waals surface area (Å²) in [5, 5.41) is 12.1. The van der Waals surface area contributed by atoms with E-state index in [0.29, 0.717) is 0 Å². The maximum absolute atomic E-state index is 10.9. The molecule has 0 aromatic carbocycles. The fraction of sp³-hybridized carbons (Fsp3) is 0.900. The normalized spacial score (nSPS) is 22.1. The van der Waals surface area contributed by atoms with Crippen molar-refractivity contribution in [3.8, 4) is 0 Å². The Morgan fingerprint density at radius 2 is 2.14 bits per heavy atom. The number of carboxylic acid groups (broad SMARTS) is 1. The highest BCUT2D eigenvalue weighted by Gasteiger charge is 2.32. The molecule has 0 amide bonds. The summed E-state index contributed by atoms with van der Waals surface area (Å²) in [7, 11) is 1.52. The van der Waals surface area contributed by atoms with E-state index >= 15 is 0 Å². The molecule has 4 heteroatoms. The van der Waals surface area contributed by atoms with Crippen molar-refractivity contribution in [1.29, 1.82) is 0 Å². The van der Waals surface area contributed by atoms with Crippen LogP contribution in [0.4, 0.5) is 0 Å². The van der Waals surface area contributed by atoms with E-state index < -0.39 is 12.0 Å². The van der Waals surface area contributed by atoms with Gasteiger partial charge in [-0.3, -0.25) is 10.1 Å². The Hall–Kier alpha value is -0.610. The number of hydrogen-bond acceptors (Lipinski definition) is 3. The summed E-state index contributed by atoms with van der Waals surface area (Å²) in [6, 6.07) is -0.580. The predicted octanol–water partition coefficient (Wildman–Crippen LogP) is 1.01. The highest BCUT2D eigenvalue weighted by molar-refractivity contribution is 5.73. The van der Waals surface area contributed by atoms with E-state index in [1.165, 1.54) is 20.0 Å². The molecule has 1 unspecified atom stereocenters. The number of methoxy groups -OCH3 is 1. The summed E-state index contributed by atoms with van der Waals surface area (Å²) in [4.78, 5) is 10.9. The van der Waals surface area contributed by atoms with Crippen molar-refractivity contribution in [2.75, 3.05) is 13.7 Å². The zero-order valence-electron chi connectivity index (χ0n) is 8.88. The molecular weight excluding hydrogens is 182 g/mol. The van der Waals surface area contributed by atoms with Crippen molar-refractivity contribution < 1.29 is 14.6 Å². The van der Waals surface area contributed by atoms with Crippen LogP contribution < -0.4 is 5.32 Å². The van der Waals surface area contributed by atoms with E-state index in [1.807, 2.05) is 0 Å². The second kappa shape index (κ2) is 4.75. The third kappa shape index (κ3) is 2.96. The second-order valence-corrected chi connectivity index (χ2v) is 4.26. The van der Waals surface area contributed by atoms with Crippen LogP contribution in [0.15, 0.2) is 0 Å². The van der Waals surface area contributed by atoms with Crippen LogP contribution in [-0.2, 0) is 9.53 Å². The molecule has 82 valence electrons. The molecule has 0 aromatic rings. The van der Waals surface area contributed by atoms with Crippen LogP contribution in [0.2, 0.25) is 0 Å². The van der Waals surface area contributed by atoms with Crippen LogP contribution in [0.3, 0.4) is 0 Å². The molecule has 0 aliphatic heterocycles. The van der Waals surface area contributed by atoms with Crippen LogP contribution in [0.25, 0.3) is 0 Å². The van der Waals surface area contributed by atoms with E-state index in [9.17, 15) is 4.79 Å². The molecule has 1 atom stereocenters. The first-order chi connectivity index (χ1) is 6.57. The molecule has 1 rings (SSSR count). The Morgan fingerprint density at radius 3 is 2.57 bits per heavy atom. The minimum atomic E-state index is -0.833. The highest BCUT2D eigenvalue weighted by Crippen LogP contribution is 2.29. The Bertz CT molecular complexity index is 200. The predicted molar refractivity (Wildman–Crippen MR) is 53.3 cm³/mol. The molecule has 1 aliphatic carbocycles. The molecule has 1 saturated carbocycles. The smallest absolute Gasteiger partial charge is 0.323 e. The van der Waals surface area contributed by atoms with Crippen molar-refractivity contribution in [3.05, 3.63) is 0 Å². The maximum Gasteiger partial charge on any atom is 0.323 e. The largest absolute Gasteiger partial charge is 0.480 e. The van der Waals surface area contributed by atoms with Crippen LogP contribution in [0, 0.1) is 0 Å². The van der Waals surface area contributed by atoms with Gasteiger partial charge in [-0.25, -0.2) is 0 Å². The van der Waals surface area contributed by atoms with Gasteiger partial charge in [-0.1, -0.05) is 12.8 Å². The number of nitrogens with one attached hydrogen (secondary N) is 1. The van der Waals surface area contributed by atoms with Crippen molar-refractivity contribution in [2.24, 2.45) is 0 Å². The van der Waals surface area contributed by atoms with Gasteiger partial charge >= 0.3 is 5.97 Å². The standard InChI is InChI=1S/C10H19NO3/c1-10(5-3-4-6-10)11-8(7-14-2)9(12)13/h8,11H,3-7H2,1-2H3,(H,12,13). The van der Waals surface area contributed by atoms with Gasteiger partial charge in [0.15, 0.2) is 0 Å². The number of rotatable bonds is 5. The molecule has 0 aromatic heterocycles. The van der Waals surface area contributed by atoms with Gasteiger partial charge in [0.05, 0.1) is 6.61 Å². The number of ether oxygens (including phenoxy) is 1. The number of hydrogen-bond donors (Lipinski definition) is 2. The summed E-state index contributed by atoms with van der Waals surface area (Å²) < 4.78 is 4.88. The molecule has 0 heterocycles. The monoisotopic (exact) mass is 201 g/mol. The summed E-state index contributed by atoms with van der Waals surface area (Å²) in [6.45, 7) is 2.32. The molecular formula is C10H19NO3. The van der Waals surface area contributed by atoms with Crippen LogP contribution in [0.5, 0.6) is 0 Å². The first kappa shape index (κ1) is 11.5. The van der Waals surface area contributed by atoms with E-state index in [4.69, 9.17) is 9.84 Å². The SMILES string of the molecule is COCC(NC1(C)CCCC1)C(=O)O. The lowest BCUT2D eigenvalue weighted by Crippen LogP contribution is -2.51. The molecule has 0 bridgehead atoms. The summed E-state index contributed by atoms with van der Waals surface area (Å²) in [5.41, 5.74) is -0.0123. The fourth-order valence-electron chi connectivity index (χ4n) is 2.06.